The largest absolute Gasteiger partial charge is 0.493 e. The van der Waals surface area contributed by atoms with Gasteiger partial charge in [0.15, 0.2) is 17.1 Å². The molecular formula is C16H19NO4. The Morgan fingerprint density at radius 3 is 2.86 bits per heavy atom. The number of hydrogen-bond donors (Lipinski definition) is 2. The van der Waals surface area contributed by atoms with Crippen LogP contribution >= 0.6 is 0 Å². The van der Waals surface area contributed by atoms with Crippen LogP contribution in [0.4, 0.5) is 0 Å². The Hall–Kier alpha value is -2.01. The monoisotopic (exact) mass is 289 g/mol. The first-order valence-corrected chi connectivity index (χ1v) is 7.05. The lowest BCUT2D eigenvalue weighted by atomic mass is 10.1. The van der Waals surface area contributed by atoms with E-state index in [1.807, 2.05) is 19.1 Å². The summed E-state index contributed by atoms with van der Waals surface area (Å²) in [6.07, 6.45) is 1.91. The Bertz CT molecular complexity index is 685. The third-order valence-electron chi connectivity index (χ3n) is 4.27. The minimum Gasteiger partial charge on any atom is -0.493 e. The number of furan rings is 1. The number of carbonyl (C=O) groups is 1. The number of amides is 1. The van der Waals surface area contributed by atoms with Gasteiger partial charge in [0, 0.05) is 22.9 Å². The second-order valence-corrected chi connectivity index (χ2v) is 5.73. The summed E-state index contributed by atoms with van der Waals surface area (Å²) in [6.45, 7) is 2.45. The van der Waals surface area contributed by atoms with Crippen molar-refractivity contribution in [2.75, 3.05) is 20.3 Å². The van der Waals surface area contributed by atoms with Gasteiger partial charge in [-0.2, -0.15) is 0 Å². The van der Waals surface area contributed by atoms with E-state index in [1.54, 1.807) is 13.2 Å². The number of methoxy groups -OCH3 is 1. The molecular weight excluding hydrogens is 270 g/mol. The molecule has 5 heteroatoms. The van der Waals surface area contributed by atoms with Gasteiger partial charge in [-0.05, 0) is 25.8 Å². The van der Waals surface area contributed by atoms with Crippen LogP contribution in [0.1, 0.15) is 29.0 Å². The third kappa shape index (κ3) is 2.38. The van der Waals surface area contributed by atoms with Crippen molar-refractivity contribution in [2.45, 2.75) is 19.8 Å². The van der Waals surface area contributed by atoms with Crippen LogP contribution < -0.4 is 10.1 Å². The smallest absolute Gasteiger partial charge is 0.287 e. The van der Waals surface area contributed by atoms with Gasteiger partial charge in [0.05, 0.1) is 13.7 Å². The van der Waals surface area contributed by atoms with E-state index in [0.29, 0.717) is 23.6 Å². The molecule has 1 aromatic heterocycles. The van der Waals surface area contributed by atoms with Crippen LogP contribution in [0, 0.1) is 12.3 Å². The van der Waals surface area contributed by atoms with Crippen LogP contribution in [0.5, 0.6) is 5.75 Å². The molecule has 1 aliphatic carbocycles. The van der Waals surface area contributed by atoms with Gasteiger partial charge in [-0.15, -0.1) is 0 Å². The number of aliphatic hydroxyl groups excluding tert-OH is 1. The summed E-state index contributed by atoms with van der Waals surface area (Å²) in [5.74, 6) is 0.678. The van der Waals surface area contributed by atoms with Crippen LogP contribution in [0.2, 0.25) is 0 Å². The van der Waals surface area contributed by atoms with Crippen molar-refractivity contribution < 1.29 is 19.1 Å². The third-order valence-corrected chi connectivity index (χ3v) is 4.27. The molecule has 0 bridgehead atoms. The fraction of sp³-hybridized carbons (Fsp3) is 0.438. The predicted molar refractivity (Wildman–Crippen MR) is 78.6 cm³/mol. The Morgan fingerprint density at radius 1 is 1.48 bits per heavy atom. The van der Waals surface area contributed by atoms with Gasteiger partial charge < -0.3 is 19.6 Å². The van der Waals surface area contributed by atoms with E-state index in [1.165, 1.54) is 0 Å². The molecule has 0 atom stereocenters. The van der Waals surface area contributed by atoms with Crippen molar-refractivity contribution in [3.05, 3.63) is 29.5 Å². The zero-order valence-electron chi connectivity index (χ0n) is 12.2. The standard InChI is InChI=1S/C16H19NO4/c1-10-11-4-3-5-12(20-2)14(11)21-13(10)15(19)17-8-16(9-18)6-7-16/h3-5,18H,6-9H2,1-2H3,(H,17,19). The number of aryl methyl sites for hydroxylation is 1. The summed E-state index contributed by atoms with van der Waals surface area (Å²) in [5.41, 5.74) is 1.27. The molecule has 1 heterocycles. The average Bonchev–Trinajstić information content (AvgIpc) is 3.22. The predicted octanol–water partition coefficient (Wildman–Crippen LogP) is 2.25. The molecule has 1 fully saturated rings. The normalized spacial score (nSPS) is 16.0. The molecule has 2 N–H and O–H groups in total. The molecule has 0 aliphatic heterocycles. The fourth-order valence-electron chi connectivity index (χ4n) is 2.51. The van der Waals surface area contributed by atoms with Gasteiger partial charge >= 0.3 is 0 Å². The topological polar surface area (TPSA) is 71.7 Å². The van der Waals surface area contributed by atoms with Gasteiger partial charge in [-0.25, -0.2) is 0 Å². The summed E-state index contributed by atoms with van der Waals surface area (Å²) in [6, 6.07) is 5.58. The van der Waals surface area contributed by atoms with Crippen molar-refractivity contribution in [2.24, 2.45) is 5.41 Å². The van der Waals surface area contributed by atoms with Crippen molar-refractivity contribution >= 4 is 16.9 Å². The van der Waals surface area contributed by atoms with Crippen LogP contribution in [-0.2, 0) is 0 Å². The van der Waals surface area contributed by atoms with Crippen LogP contribution in [0.25, 0.3) is 11.0 Å². The minimum atomic E-state index is -0.245. The van der Waals surface area contributed by atoms with Crippen molar-refractivity contribution in [3.63, 3.8) is 0 Å². The zero-order valence-corrected chi connectivity index (χ0v) is 12.2. The Morgan fingerprint density at radius 2 is 2.24 bits per heavy atom. The first kappa shape index (κ1) is 13.9. The lowest BCUT2D eigenvalue weighted by molar-refractivity contribution is 0.0908. The first-order valence-electron chi connectivity index (χ1n) is 7.05. The van der Waals surface area contributed by atoms with E-state index in [-0.39, 0.29) is 17.9 Å². The Labute approximate surface area is 122 Å². The molecule has 3 rings (SSSR count). The number of hydrogen-bond acceptors (Lipinski definition) is 4. The number of carbonyl (C=O) groups excluding carboxylic acids is 1. The maximum Gasteiger partial charge on any atom is 0.287 e. The number of ether oxygens (including phenoxy) is 1. The van der Waals surface area contributed by atoms with E-state index in [4.69, 9.17) is 9.15 Å². The molecule has 112 valence electrons. The molecule has 21 heavy (non-hydrogen) atoms. The molecule has 1 aromatic carbocycles. The number of fused-ring (bicyclic) bond motifs is 1. The molecule has 1 saturated carbocycles. The van der Waals surface area contributed by atoms with Gasteiger partial charge in [0.1, 0.15) is 0 Å². The van der Waals surface area contributed by atoms with E-state index in [0.717, 1.165) is 23.8 Å². The highest BCUT2D eigenvalue weighted by molar-refractivity contribution is 6.00. The summed E-state index contributed by atoms with van der Waals surface area (Å²) in [5, 5.41) is 13.0. The van der Waals surface area contributed by atoms with E-state index >= 15 is 0 Å². The number of aliphatic hydroxyl groups is 1. The number of benzene rings is 1. The quantitative estimate of drug-likeness (QED) is 0.885. The number of nitrogens with one attached hydrogen (secondary N) is 1. The average molecular weight is 289 g/mol. The maximum absolute atomic E-state index is 12.3. The molecule has 1 amide bonds. The molecule has 0 saturated heterocycles. The van der Waals surface area contributed by atoms with E-state index in [9.17, 15) is 9.90 Å². The molecule has 0 spiro atoms. The van der Waals surface area contributed by atoms with Crippen LogP contribution in [0.15, 0.2) is 22.6 Å². The van der Waals surface area contributed by atoms with E-state index < -0.39 is 0 Å². The van der Waals surface area contributed by atoms with Gasteiger partial charge in [0.25, 0.3) is 5.91 Å². The number of rotatable bonds is 5. The summed E-state index contributed by atoms with van der Waals surface area (Å²) < 4.78 is 11.0. The molecule has 0 unspecified atom stereocenters. The Balaban J connectivity index is 1.86. The van der Waals surface area contributed by atoms with Crippen molar-refractivity contribution in [1.82, 2.24) is 5.32 Å². The first-order chi connectivity index (χ1) is 10.1. The molecule has 2 aromatic rings. The maximum atomic E-state index is 12.3. The van der Waals surface area contributed by atoms with Gasteiger partial charge in [-0.1, -0.05) is 12.1 Å². The van der Waals surface area contributed by atoms with Crippen LogP contribution in [-0.4, -0.2) is 31.3 Å². The number of para-hydroxylation sites is 1. The highest BCUT2D eigenvalue weighted by Crippen LogP contribution is 2.44. The SMILES string of the molecule is COc1cccc2c(C)c(C(=O)NCC3(CO)CC3)oc12. The highest BCUT2D eigenvalue weighted by Gasteiger charge is 2.42. The van der Waals surface area contributed by atoms with Gasteiger partial charge in [0.2, 0.25) is 0 Å². The summed E-state index contributed by atoms with van der Waals surface area (Å²) >= 11 is 0. The minimum absolute atomic E-state index is 0.111. The van der Waals surface area contributed by atoms with Gasteiger partial charge in [-0.3, -0.25) is 4.79 Å². The highest BCUT2D eigenvalue weighted by atomic mass is 16.5. The van der Waals surface area contributed by atoms with Crippen molar-refractivity contribution in [1.29, 1.82) is 0 Å². The second kappa shape index (κ2) is 5.07. The Kier molecular flexibility index (Phi) is 3.37. The zero-order chi connectivity index (χ0) is 15.0. The second-order valence-electron chi connectivity index (χ2n) is 5.73. The fourth-order valence-corrected chi connectivity index (χ4v) is 2.51. The lowest BCUT2D eigenvalue weighted by Crippen LogP contribution is -2.31. The molecule has 0 radical (unpaired) electrons. The van der Waals surface area contributed by atoms with E-state index in [2.05, 4.69) is 5.32 Å². The molecule has 5 nitrogen and oxygen atoms in total. The molecule has 1 aliphatic rings. The lowest BCUT2D eigenvalue weighted by Gasteiger charge is -2.11. The summed E-state index contributed by atoms with van der Waals surface area (Å²) in [7, 11) is 1.57. The summed E-state index contributed by atoms with van der Waals surface area (Å²) in [4.78, 5) is 12.3. The van der Waals surface area contributed by atoms with Crippen LogP contribution in [0.3, 0.4) is 0 Å². The van der Waals surface area contributed by atoms with Crippen molar-refractivity contribution in [3.8, 4) is 5.75 Å².